The summed E-state index contributed by atoms with van der Waals surface area (Å²) in [5, 5.41) is 10.1. The number of hydrogen-bond acceptors (Lipinski definition) is 10. The molecule has 0 aromatic rings. The number of fused-ring (bicyclic) bond motifs is 6. The lowest BCUT2D eigenvalue weighted by Gasteiger charge is -2.58. The van der Waals surface area contributed by atoms with E-state index >= 15 is 0 Å². The number of nitrogens with zero attached hydrogens (tertiary/aromatic N) is 2. The summed E-state index contributed by atoms with van der Waals surface area (Å²) in [5.41, 5.74) is -0.964. The molecule has 6 rings (SSSR count). The highest BCUT2D eigenvalue weighted by Crippen LogP contribution is 2.65. The van der Waals surface area contributed by atoms with E-state index < -0.39 is 33.6 Å². The first kappa shape index (κ1) is 43.9. The van der Waals surface area contributed by atoms with Crippen LogP contribution in [0.3, 0.4) is 0 Å². The molecular weight excluding hydrogens is 716 g/mol. The van der Waals surface area contributed by atoms with E-state index in [1.807, 2.05) is 41.5 Å². The lowest BCUT2D eigenvalue weighted by molar-refractivity contribution is -0.156. The first-order valence-corrected chi connectivity index (χ1v) is 19.1. The first-order valence-electron chi connectivity index (χ1n) is 19.1. The van der Waals surface area contributed by atoms with Crippen LogP contribution >= 0.6 is 0 Å². The van der Waals surface area contributed by atoms with Crippen molar-refractivity contribution in [2.24, 2.45) is 44.3 Å². The van der Waals surface area contributed by atoms with Gasteiger partial charge in [-0.05, 0) is 73.7 Å². The van der Waals surface area contributed by atoms with Crippen LogP contribution in [-0.2, 0) is 43.0 Å². The van der Waals surface area contributed by atoms with E-state index in [1.165, 1.54) is 20.8 Å². The second kappa shape index (κ2) is 15.6. The van der Waals surface area contributed by atoms with Crippen molar-refractivity contribution in [3.63, 3.8) is 0 Å². The number of Topliss-reactive ketones (excluding diaryl/α,β-unsaturated/α-hetero) is 2. The molecule has 0 aromatic heterocycles. The monoisotopic (exact) mass is 770 g/mol. The number of ketones is 4. The van der Waals surface area contributed by atoms with E-state index in [4.69, 9.17) is 17.9 Å². The minimum atomic E-state index is -0.668. The molecule has 6 aliphatic carbocycles. The van der Waals surface area contributed by atoms with Crippen molar-refractivity contribution >= 4 is 41.0 Å². The molecule has 6 aliphatic rings. The largest absolute Gasteiger partial charge is 0.465 e. The lowest BCUT2D eigenvalue weighted by atomic mass is 9.45. The Morgan fingerprint density at radius 3 is 1.43 bits per heavy atom. The molecule has 56 heavy (non-hydrogen) atoms. The second-order valence-electron chi connectivity index (χ2n) is 17.8. The fourth-order valence-electron chi connectivity index (χ4n) is 10.9. The zero-order chi connectivity index (χ0) is 42.2. The van der Waals surface area contributed by atoms with Gasteiger partial charge in [-0.2, -0.15) is 0 Å². The number of aliphatic hydroxyl groups excluding tert-OH is 1. The molecule has 0 unspecified atom stereocenters. The number of aliphatic hydroxyl groups is 1. The van der Waals surface area contributed by atoms with Crippen molar-refractivity contribution in [3.05, 3.63) is 69.7 Å². The molecule has 0 radical (unpaired) electrons. The van der Waals surface area contributed by atoms with Crippen LogP contribution in [0.15, 0.2) is 46.8 Å². The number of ether oxygens (including phenoxy) is 2. The van der Waals surface area contributed by atoms with Crippen molar-refractivity contribution in [2.45, 2.75) is 114 Å². The van der Waals surface area contributed by atoms with Gasteiger partial charge in [0.25, 0.3) is 0 Å². The van der Waals surface area contributed by atoms with Gasteiger partial charge < -0.3 is 24.2 Å². The normalized spacial score (nSPS) is 33.4. The van der Waals surface area contributed by atoms with Crippen LogP contribution in [0, 0.1) is 57.5 Å². The minimum absolute atomic E-state index is 0.00982. The molecule has 0 heterocycles. The molecule has 6 atom stereocenters. The quantitative estimate of drug-likeness (QED) is 0.183. The summed E-state index contributed by atoms with van der Waals surface area (Å²) >= 11 is 0. The van der Waals surface area contributed by atoms with Gasteiger partial charge in [0.15, 0.2) is 23.1 Å². The fourth-order valence-corrected chi connectivity index (χ4v) is 10.9. The molecule has 2 fully saturated rings. The average Bonchev–Trinajstić information content (AvgIpc) is 3.11. The van der Waals surface area contributed by atoms with Crippen LogP contribution in [0.4, 0.5) is 0 Å². The third kappa shape index (κ3) is 7.65. The third-order valence-corrected chi connectivity index (χ3v) is 13.5. The molecular formula is C44H54N2O10. The van der Waals surface area contributed by atoms with Crippen LogP contribution in [-0.4, -0.2) is 59.4 Å². The van der Waals surface area contributed by atoms with E-state index in [1.54, 1.807) is 24.3 Å². The molecule has 0 bridgehead atoms. The Bertz CT molecular complexity index is 1950. The predicted molar refractivity (Wildman–Crippen MR) is 204 cm³/mol. The first-order chi connectivity index (χ1) is 25.9. The maximum absolute atomic E-state index is 12.8. The van der Waals surface area contributed by atoms with E-state index in [0.29, 0.717) is 25.7 Å². The van der Waals surface area contributed by atoms with Gasteiger partial charge in [0.2, 0.25) is 11.4 Å². The van der Waals surface area contributed by atoms with E-state index in [2.05, 4.69) is 14.4 Å². The summed E-state index contributed by atoms with van der Waals surface area (Å²) in [4.78, 5) is 87.7. The molecule has 0 amide bonds. The highest BCUT2D eigenvalue weighted by atomic mass is 16.6. The van der Waals surface area contributed by atoms with Crippen LogP contribution in [0.2, 0.25) is 0 Å². The Balaban J connectivity index is 0.000000214. The molecule has 12 nitrogen and oxygen atoms in total. The van der Waals surface area contributed by atoms with Crippen molar-refractivity contribution in [3.8, 4) is 0 Å². The Hall–Kier alpha value is -4.81. The van der Waals surface area contributed by atoms with Gasteiger partial charge in [-0.15, -0.1) is 0 Å². The van der Waals surface area contributed by atoms with Crippen molar-refractivity contribution in [2.75, 3.05) is 13.2 Å². The smallest absolute Gasteiger partial charge is 0.310 e. The molecule has 2 saturated carbocycles. The molecule has 1 N–H and O–H groups in total. The number of carbonyl (C=O) groups is 7. The predicted octanol–water partition coefficient (Wildman–Crippen LogP) is 6.83. The number of carbonyl (C=O) groups excluding carboxylic acids is 7. The Morgan fingerprint density at radius 1 is 0.679 bits per heavy atom. The van der Waals surface area contributed by atoms with E-state index in [0.717, 1.165) is 36.8 Å². The zero-order valence-corrected chi connectivity index (χ0v) is 34.1. The average molecular weight is 771 g/mol. The second-order valence-corrected chi connectivity index (χ2v) is 17.8. The summed E-state index contributed by atoms with van der Waals surface area (Å²) in [6.45, 7) is 30.5. The van der Waals surface area contributed by atoms with Crippen molar-refractivity contribution in [1.29, 1.82) is 0 Å². The molecule has 12 heteroatoms. The molecule has 0 aromatic carbocycles. The molecule has 0 aliphatic heterocycles. The van der Waals surface area contributed by atoms with Crippen LogP contribution in [0.25, 0.3) is 9.69 Å². The molecule has 0 saturated heterocycles. The van der Waals surface area contributed by atoms with Gasteiger partial charge >= 0.3 is 17.9 Å². The van der Waals surface area contributed by atoms with E-state index in [-0.39, 0.29) is 76.4 Å². The van der Waals surface area contributed by atoms with E-state index in [9.17, 15) is 38.7 Å². The summed E-state index contributed by atoms with van der Waals surface area (Å²) < 4.78 is 9.36. The third-order valence-electron chi connectivity index (χ3n) is 13.5. The summed E-state index contributed by atoms with van der Waals surface area (Å²) in [5.74, 6) is -1.48. The van der Waals surface area contributed by atoms with Gasteiger partial charge in [0.05, 0.1) is 19.8 Å². The number of rotatable bonds is 3. The number of esters is 3. The number of hydrogen-bond donors (Lipinski definition) is 1. The Morgan fingerprint density at radius 2 is 1.07 bits per heavy atom. The standard InChI is InChI=1S/C21H25NO4.C19H23NO3.C4H6O3/c1-13(23)26-12-21-8-6-14(24)10-17(21)20(4)11-15(22-5)18(25)19(2,3)16(20)7-9-21;1-17(2)14-6-8-19(11-21)7-5-12(22)9-15(19)18(14,3)10-13(20-4)16(17)23;1-3(5)7-4(2)6/h10-11,16H,6-9,12H2,1-4H3;9-10,14,21H,5-8,11H2,1-3H3;1-2H3/t16-,20-,21+;14-,18-,19+;/m00./s1. The topological polar surface area (TPSA) is 167 Å². The van der Waals surface area contributed by atoms with Gasteiger partial charge in [-0.3, -0.25) is 24.0 Å². The van der Waals surface area contributed by atoms with Crippen LogP contribution in [0.5, 0.6) is 0 Å². The maximum atomic E-state index is 12.8. The van der Waals surface area contributed by atoms with Crippen LogP contribution < -0.4 is 0 Å². The SMILES string of the molecule is CC(=O)OC(C)=O.[C-]#[N+]C1=C[C@]2(C)C3=CC(=O)CC[C@]3(CO)CC[C@H]2C(C)(C)C1=O.[C-]#[N+]C1=C[C@]2(C)C3=CC(=O)CC[C@]3(COC(C)=O)CC[C@H]2C(C)(C)C1=O. The summed E-state index contributed by atoms with van der Waals surface area (Å²) in [7, 11) is 0. The highest BCUT2D eigenvalue weighted by molar-refractivity contribution is 6.03. The molecule has 300 valence electrons. The van der Waals surface area contributed by atoms with Gasteiger partial charge in [0, 0.05) is 66.1 Å². The maximum Gasteiger partial charge on any atom is 0.310 e. The lowest BCUT2D eigenvalue weighted by Crippen LogP contribution is -2.55. The zero-order valence-electron chi connectivity index (χ0n) is 34.1. The van der Waals surface area contributed by atoms with Gasteiger partial charge in [0.1, 0.15) is 6.61 Å². The minimum Gasteiger partial charge on any atom is -0.465 e. The summed E-state index contributed by atoms with van der Waals surface area (Å²) in [6, 6.07) is 0. The summed E-state index contributed by atoms with van der Waals surface area (Å²) in [6.07, 6.45) is 12.3. The van der Waals surface area contributed by atoms with Gasteiger partial charge in [-0.25, -0.2) is 9.69 Å². The highest BCUT2D eigenvalue weighted by Gasteiger charge is 2.61. The fraction of sp³-hybridized carbons (Fsp3) is 0.614. The van der Waals surface area contributed by atoms with Gasteiger partial charge in [-0.1, -0.05) is 53.7 Å². The Labute approximate surface area is 329 Å². The number of allylic oxidation sites excluding steroid dienone is 6. The van der Waals surface area contributed by atoms with Crippen molar-refractivity contribution in [1.82, 2.24) is 0 Å². The van der Waals surface area contributed by atoms with Crippen molar-refractivity contribution < 1.29 is 48.1 Å². The molecule has 0 spiro atoms. The van der Waals surface area contributed by atoms with Crippen LogP contribution in [0.1, 0.15) is 114 Å². The Kier molecular flexibility index (Phi) is 12.2.